The van der Waals surface area contributed by atoms with Crippen LogP contribution < -0.4 is 10.6 Å². The lowest BCUT2D eigenvalue weighted by molar-refractivity contribution is 0.318. The van der Waals surface area contributed by atoms with Crippen molar-refractivity contribution in [1.29, 1.82) is 0 Å². The summed E-state index contributed by atoms with van der Waals surface area (Å²) in [6.45, 7) is 5.68. The number of aryl methyl sites for hydroxylation is 1. The molecule has 2 aromatic rings. The van der Waals surface area contributed by atoms with Gasteiger partial charge in [-0.05, 0) is 37.6 Å². The van der Waals surface area contributed by atoms with Gasteiger partial charge in [0.25, 0.3) is 0 Å². The summed E-state index contributed by atoms with van der Waals surface area (Å²) in [5.41, 5.74) is 9.50. The van der Waals surface area contributed by atoms with E-state index in [0.29, 0.717) is 12.2 Å². The smallest absolute Gasteiger partial charge is 0.189 e. The predicted molar refractivity (Wildman–Crippen MR) is 84.7 cm³/mol. The van der Waals surface area contributed by atoms with E-state index in [0.717, 1.165) is 17.8 Å². The van der Waals surface area contributed by atoms with Crippen molar-refractivity contribution in [1.82, 2.24) is 4.98 Å². The van der Waals surface area contributed by atoms with Gasteiger partial charge in [-0.3, -0.25) is 4.98 Å². The zero-order chi connectivity index (χ0) is 15.2. The van der Waals surface area contributed by atoms with E-state index >= 15 is 0 Å². The highest BCUT2D eigenvalue weighted by molar-refractivity contribution is 5.96. The number of benzene rings is 1. The Bertz CT molecular complexity index is 640. The van der Waals surface area contributed by atoms with Crippen LogP contribution in [0.2, 0.25) is 0 Å². The number of anilines is 1. The average Bonchev–Trinajstić information content (AvgIpc) is 2.52. The van der Waals surface area contributed by atoms with Crippen molar-refractivity contribution in [3.05, 3.63) is 59.4 Å². The Hall–Kier alpha value is -2.56. The highest BCUT2D eigenvalue weighted by atomic mass is 16.4. The van der Waals surface area contributed by atoms with E-state index in [-0.39, 0.29) is 5.84 Å². The zero-order valence-corrected chi connectivity index (χ0v) is 12.3. The molecule has 5 nitrogen and oxygen atoms in total. The Morgan fingerprint density at radius 1 is 1.33 bits per heavy atom. The molecular weight excluding hydrogens is 264 g/mol. The molecule has 2 rings (SSSR count). The Morgan fingerprint density at radius 3 is 2.81 bits per heavy atom. The first kappa shape index (κ1) is 14.8. The molecule has 0 unspecified atom stereocenters. The third kappa shape index (κ3) is 3.51. The lowest BCUT2D eigenvalue weighted by atomic mass is 10.1. The van der Waals surface area contributed by atoms with E-state index in [9.17, 15) is 0 Å². The Morgan fingerprint density at radius 2 is 2.14 bits per heavy atom. The molecule has 0 aliphatic carbocycles. The molecule has 0 bridgehead atoms. The van der Waals surface area contributed by atoms with E-state index < -0.39 is 0 Å². The van der Waals surface area contributed by atoms with Gasteiger partial charge >= 0.3 is 0 Å². The number of pyridine rings is 1. The molecule has 0 atom stereocenters. The van der Waals surface area contributed by atoms with Crippen LogP contribution in [0.1, 0.15) is 23.7 Å². The van der Waals surface area contributed by atoms with Crippen molar-refractivity contribution in [3.63, 3.8) is 0 Å². The number of nitrogens with zero attached hydrogens (tertiary/aromatic N) is 3. The summed E-state index contributed by atoms with van der Waals surface area (Å²) in [7, 11) is 0. The fraction of sp³-hybridized carbons (Fsp3) is 0.250. The first-order chi connectivity index (χ1) is 10.2. The molecule has 1 heterocycles. The predicted octanol–water partition coefficient (Wildman–Crippen LogP) is 2.51. The molecule has 3 N–H and O–H groups in total. The number of hydrogen-bond acceptors (Lipinski definition) is 4. The normalized spacial score (nSPS) is 11.4. The van der Waals surface area contributed by atoms with Gasteiger partial charge in [0.15, 0.2) is 5.84 Å². The minimum atomic E-state index is 0.0332. The Kier molecular flexibility index (Phi) is 4.77. The first-order valence-corrected chi connectivity index (χ1v) is 6.89. The Labute approximate surface area is 124 Å². The summed E-state index contributed by atoms with van der Waals surface area (Å²) < 4.78 is 0. The van der Waals surface area contributed by atoms with Crippen molar-refractivity contribution in [2.24, 2.45) is 10.9 Å². The van der Waals surface area contributed by atoms with Gasteiger partial charge in [0.05, 0.1) is 0 Å². The van der Waals surface area contributed by atoms with Gasteiger partial charge in [0, 0.05) is 30.5 Å². The largest absolute Gasteiger partial charge is 0.409 e. The highest BCUT2D eigenvalue weighted by Gasteiger charge is 2.12. The molecule has 5 heteroatoms. The molecule has 0 saturated carbocycles. The fourth-order valence-electron chi connectivity index (χ4n) is 2.26. The van der Waals surface area contributed by atoms with Crippen LogP contribution in [0.3, 0.4) is 0 Å². The van der Waals surface area contributed by atoms with Gasteiger partial charge in [-0.1, -0.05) is 23.4 Å². The molecule has 0 aliphatic rings. The zero-order valence-electron chi connectivity index (χ0n) is 12.3. The summed E-state index contributed by atoms with van der Waals surface area (Å²) in [5.74, 6) is 0.0332. The van der Waals surface area contributed by atoms with Crippen molar-refractivity contribution in [2.75, 3.05) is 11.4 Å². The number of oxime groups is 1. The second-order valence-corrected chi connectivity index (χ2v) is 4.85. The summed E-state index contributed by atoms with van der Waals surface area (Å²) >= 11 is 0. The second kappa shape index (κ2) is 6.74. The molecule has 1 aromatic heterocycles. The van der Waals surface area contributed by atoms with E-state index in [4.69, 9.17) is 10.9 Å². The maximum absolute atomic E-state index is 8.87. The number of amidine groups is 1. The monoisotopic (exact) mass is 284 g/mol. The van der Waals surface area contributed by atoms with Gasteiger partial charge < -0.3 is 15.8 Å². The first-order valence-electron chi connectivity index (χ1n) is 6.89. The average molecular weight is 284 g/mol. The topological polar surface area (TPSA) is 74.7 Å². The maximum Gasteiger partial charge on any atom is 0.189 e. The van der Waals surface area contributed by atoms with E-state index in [2.05, 4.69) is 47.1 Å². The van der Waals surface area contributed by atoms with Gasteiger partial charge in [0.2, 0.25) is 0 Å². The molecule has 0 saturated heterocycles. The van der Waals surface area contributed by atoms with Crippen LogP contribution in [-0.2, 0) is 6.54 Å². The minimum Gasteiger partial charge on any atom is -0.409 e. The van der Waals surface area contributed by atoms with Crippen LogP contribution in [0.4, 0.5) is 5.69 Å². The third-order valence-electron chi connectivity index (χ3n) is 3.35. The van der Waals surface area contributed by atoms with Crippen LogP contribution in [0.25, 0.3) is 0 Å². The standard InChI is InChI=1S/C16H20N4O/c1-3-20(14-8-4-6-12(2)10-14)11-13-7-5-9-18-15(13)16(17)19-21/h4-10,21H,3,11H2,1-2H3,(H2,17,19). The molecule has 0 amide bonds. The van der Waals surface area contributed by atoms with E-state index in [1.165, 1.54) is 5.56 Å². The van der Waals surface area contributed by atoms with Gasteiger partial charge in [0.1, 0.15) is 5.69 Å². The summed E-state index contributed by atoms with van der Waals surface area (Å²) in [6, 6.07) is 12.1. The number of aromatic nitrogens is 1. The van der Waals surface area contributed by atoms with Crippen LogP contribution in [-0.4, -0.2) is 22.6 Å². The van der Waals surface area contributed by atoms with Crippen LogP contribution in [0.15, 0.2) is 47.8 Å². The molecular formula is C16H20N4O. The third-order valence-corrected chi connectivity index (χ3v) is 3.35. The quantitative estimate of drug-likeness (QED) is 0.383. The maximum atomic E-state index is 8.87. The van der Waals surface area contributed by atoms with E-state index in [1.807, 2.05) is 18.2 Å². The molecule has 0 aliphatic heterocycles. The summed E-state index contributed by atoms with van der Waals surface area (Å²) in [5, 5.41) is 11.9. The molecule has 110 valence electrons. The van der Waals surface area contributed by atoms with Crippen LogP contribution in [0, 0.1) is 6.92 Å². The fourth-order valence-corrected chi connectivity index (χ4v) is 2.26. The summed E-state index contributed by atoms with van der Waals surface area (Å²) in [6.07, 6.45) is 1.64. The molecule has 0 fully saturated rings. The molecule has 1 aromatic carbocycles. The van der Waals surface area contributed by atoms with E-state index in [1.54, 1.807) is 6.20 Å². The molecule has 0 radical (unpaired) electrons. The lowest BCUT2D eigenvalue weighted by Crippen LogP contribution is -2.25. The van der Waals surface area contributed by atoms with Gasteiger partial charge in [-0.2, -0.15) is 0 Å². The number of nitrogens with two attached hydrogens (primary N) is 1. The summed E-state index contributed by atoms with van der Waals surface area (Å²) in [4.78, 5) is 6.43. The van der Waals surface area contributed by atoms with Crippen molar-refractivity contribution < 1.29 is 5.21 Å². The number of hydrogen-bond donors (Lipinski definition) is 2. The Balaban J connectivity index is 2.31. The molecule has 21 heavy (non-hydrogen) atoms. The minimum absolute atomic E-state index is 0.0332. The van der Waals surface area contributed by atoms with Crippen molar-refractivity contribution >= 4 is 11.5 Å². The lowest BCUT2D eigenvalue weighted by Gasteiger charge is -2.24. The van der Waals surface area contributed by atoms with Gasteiger partial charge in [-0.25, -0.2) is 0 Å². The molecule has 0 spiro atoms. The SMILES string of the molecule is CCN(Cc1cccnc1C(N)=NO)c1cccc(C)c1. The number of rotatable bonds is 5. The van der Waals surface area contributed by atoms with Gasteiger partial charge in [-0.15, -0.1) is 0 Å². The van der Waals surface area contributed by atoms with Crippen LogP contribution >= 0.6 is 0 Å². The highest BCUT2D eigenvalue weighted by Crippen LogP contribution is 2.19. The van der Waals surface area contributed by atoms with Crippen molar-refractivity contribution in [3.8, 4) is 0 Å². The van der Waals surface area contributed by atoms with Crippen molar-refractivity contribution in [2.45, 2.75) is 20.4 Å². The van der Waals surface area contributed by atoms with Crippen LogP contribution in [0.5, 0.6) is 0 Å². The second-order valence-electron chi connectivity index (χ2n) is 4.85.